The van der Waals surface area contributed by atoms with Crippen LogP contribution >= 0.6 is 0 Å². The monoisotopic (exact) mass is 345 g/mol. The van der Waals surface area contributed by atoms with E-state index < -0.39 is 0 Å². The first-order chi connectivity index (χ1) is 12.2. The fourth-order valence-corrected chi connectivity index (χ4v) is 3.78. The summed E-state index contributed by atoms with van der Waals surface area (Å²) >= 11 is 0. The molecule has 138 valence electrons. The SMILES string of the molecule is COc1ccc(CNC(=O)C2CCN(CCN3CCCC3)CC2)cc1. The molecule has 2 saturated heterocycles. The lowest BCUT2D eigenvalue weighted by molar-refractivity contribution is -0.126. The quantitative estimate of drug-likeness (QED) is 0.822. The van der Waals surface area contributed by atoms with Gasteiger partial charge in [0.1, 0.15) is 5.75 Å². The van der Waals surface area contributed by atoms with Gasteiger partial charge in [0.2, 0.25) is 5.91 Å². The highest BCUT2D eigenvalue weighted by Gasteiger charge is 2.25. The molecule has 0 spiro atoms. The molecule has 25 heavy (non-hydrogen) atoms. The molecule has 0 unspecified atom stereocenters. The smallest absolute Gasteiger partial charge is 0.223 e. The predicted molar refractivity (Wildman–Crippen MR) is 99.7 cm³/mol. The average Bonchev–Trinajstić information content (AvgIpc) is 3.19. The molecule has 0 bridgehead atoms. The highest BCUT2D eigenvalue weighted by molar-refractivity contribution is 5.78. The van der Waals surface area contributed by atoms with Crippen LogP contribution in [0.2, 0.25) is 0 Å². The Morgan fingerprint density at radius 3 is 2.24 bits per heavy atom. The van der Waals surface area contributed by atoms with Crippen molar-refractivity contribution in [2.45, 2.75) is 32.2 Å². The lowest BCUT2D eigenvalue weighted by Gasteiger charge is -2.32. The highest BCUT2D eigenvalue weighted by atomic mass is 16.5. The van der Waals surface area contributed by atoms with Crippen molar-refractivity contribution in [1.29, 1.82) is 0 Å². The zero-order valence-corrected chi connectivity index (χ0v) is 15.4. The van der Waals surface area contributed by atoms with E-state index in [4.69, 9.17) is 4.74 Å². The maximum absolute atomic E-state index is 12.4. The van der Waals surface area contributed by atoms with Gasteiger partial charge in [0.05, 0.1) is 7.11 Å². The van der Waals surface area contributed by atoms with Crippen LogP contribution in [0.25, 0.3) is 0 Å². The van der Waals surface area contributed by atoms with Crippen molar-refractivity contribution in [2.75, 3.05) is 46.4 Å². The first-order valence-corrected chi connectivity index (χ1v) is 9.60. The number of ether oxygens (including phenoxy) is 1. The molecule has 1 aromatic rings. The Morgan fingerprint density at radius 2 is 1.64 bits per heavy atom. The third kappa shape index (κ3) is 5.44. The maximum atomic E-state index is 12.4. The largest absolute Gasteiger partial charge is 0.497 e. The van der Waals surface area contributed by atoms with E-state index in [-0.39, 0.29) is 11.8 Å². The molecule has 2 aliphatic rings. The number of carbonyl (C=O) groups excluding carboxylic acids is 1. The molecular formula is C20H31N3O2. The average molecular weight is 345 g/mol. The van der Waals surface area contributed by atoms with Crippen molar-refractivity contribution in [3.8, 4) is 5.75 Å². The molecule has 1 N–H and O–H groups in total. The minimum Gasteiger partial charge on any atom is -0.497 e. The van der Waals surface area contributed by atoms with Crippen molar-refractivity contribution in [1.82, 2.24) is 15.1 Å². The zero-order valence-electron chi connectivity index (χ0n) is 15.4. The van der Waals surface area contributed by atoms with Gasteiger partial charge in [-0.3, -0.25) is 4.79 Å². The van der Waals surface area contributed by atoms with Gasteiger partial charge < -0.3 is 19.9 Å². The Morgan fingerprint density at radius 1 is 1.04 bits per heavy atom. The number of piperidine rings is 1. The number of nitrogens with one attached hydrogen (secondary N) is 1. The molecule has 5 heteroatoms. The Balaban J connectivity index is 1.34. The van der Waals surface area contributed by atoms with Crippen LogP contribution in [0.5, 0.6) is 5.75 Å². The third-order valence-electron chi connectivity index (χ3n) is 5.52. The second kappa shape index (κ2) is 9.20. The molecule has 0 radical (unpaired) electrons. The molecule has 0 aliphatic carbocycles. The van der Waals surface area contributed by atoms with Crippen LogP contribution in [-0.2, 0) is 11.3 Å². The number of likely N-dealkylation sites (tertiary alicyclic amines) is 2. The summed E-state index contributed by atoms with van der Waals surface area (Å²) in [6, 6.07) is 7.86. The molecule has 3 rings (SSSR count). The van der Waals surface area contributed by atoms with E-state index in [9.17, 15) is 4.79 Å². The van der Waals surface area contributed by atoms with E-state index >= 15 is 0 Å². The first kappa shape index (κ1) is 18.2. The lowest BCUT2D eigenvalue weighted by Crippen LogP contribution is -2.42. The topological polar surface area (TPSA) is 44.8 Å². The van der Waals surface area contributed by atoms with Crippen LogP contribution in [0, 0.1) is 5.92 Å². The number of nitrogens with zero attached hydrogens (tertiary/aromatic N) is 2. The van der Waals surface area contributed by atoms with Gasteiger partial charge in [-0.25, -0.2) is 0 Å². The van der Waals surface area contributed by atoms with Gasteiger partial charge in [0.15, 0.2) is 0 Å². The van der Waals surface area contributed by atoms with Gasteiger partial charge in [-0.2, -0.15) is 0 Å². The van der Waals surface area contributed by atoms with Gasteiger partial charge in [-0.1, -0.05) is 12.1 Å². The standard InChI is InChI=1S/C20H31N3O2/c1-25-19-6-4-17(5-7-19)16-21-20(24)18-8-12-23(13-9-18)15-14-22-10-2-3-11-22/h4-7,18H,2-3,8-16H2,1H3,(H,21,24). The first-order valence-electron chi connectivity index (χ1n) is 9.60. The summed E-state index contributed by atoms with van der Waals surface area (Å²) in [5.74, 6) is 1.22. The summed E-state index contributed by atoms with van der Waals surface area (Å²) in [4.78, 5) is 17.5. The Labute approximate surface area is 151 Å². The summed E-state index contributed by atoms with van der Waals surface area (Å²) in [6.07, 6.45) is 4.68. The van der Waals surface area contributed by atoms with Gasteiger partial charge >= 0.3 is 0 Å². The van der Waals surface area contributed by atoms with Crippen molar-refractivity contribution >= 4 is 5.91 Å². The van der Waals surface area contributed by atoms with Gasteiger partial charge in [-0.05, 0) is 69.6 Å². The second-order valence-electron chi connectivity index (χ2n) is 7.23. The van der Waals surface area contributed by atoms with Crippen LogP contribution in [0.1, 0.15) is 31.2 Å². The van der Waals surface area contributed by atoms with Crippen LogP contribution in [0.3, 0.4) is 0 Å². The number of hydrogen-bond acceptors (Lipinski definition) is 4. The van der Waals surface area contributed by atoms with Crippen molar-refractivity contribution in [3.05, 3.63) is 29.8 Å². The van der Waals surface area contributed by atoms with Crippen LogP contribution < -0.4 is 10.1 Å². The third-order valence-corrected chi connectivity index (χ3v) is 5.52. The minimum absolute atomic E-state index is 0.168. The maximum Gasteiger partial charge on any atom is 0.223 e. The molecule has 1 amide bonds. The molecule has 2 heterocycles. The lowest BCUT2D eigenvalue weighted by atomic mass is 9.96. The minimum atomic E-state index is 0.168. The van der Waals surface area contributed by atoms with Crippen LogP contribution in [0.4, 0.5) is 0 Å². The fourth-order valence-electron chi connectivity index (χ4n) is 3.78. The van der Waals surface area contributed by atoms with Crippen LogP contribution in [-0.4, -0.2) is 62.1 Å². The van der Waals surface area contributed by atoms with Crippen molar-refractivity contribution in [3.63, 3.8) is 0 Å². The number of benzene rings is 1. The number of rotatable bonds is 7. The molecular weight excluding hydrogens is 314 g/mol. The Bertz CT molecular complexity index is 532. The van der Waals surface area contributed by atoms with Gasteiger partial charge in [-0.15, -0.1) is 0 Å². The van der Waals surface area contributed by atoms with E-state index in [0.29, 0.717) is 6.54 Å². The summed E-state index contributed by atoms with van der Waals surface area (Å²) in [5, 5.41) is 3.09. The molecule has 0 saturated carbocycles. The molecule has 2 fully saturated rings. The second-order valence-corrected chi connectivity index (χ2v) is 7.23. The predicted octanol–water partition coefficient (Wildman–Crippen LogP) is 2.12. The molecule has 2 aliphatic heterocycles. The van der Waals surface area contributed by atoms with E-state index in [1.807, 2.05) is 24.3 Å². The summed E-state index contributed by atoms with van der Waals surface area (Å²) < 4.78 is 5.16. The summed E-state index contributed by atoms with van der Waals surface area (Å²) in [6.45, 7) is 7.57. The van der Waals surface area contributed by atoms with Gasteiger partial charge in [0.25, 0.3) is 0 Å². The van der Waals surface area contributed by atoms with Gasteiger partial charge in [0, 0.05) is 25.6 Å². The molecule has 0 atom stereocenters. The summed E-state index contributed by atoms with van der Waals surface area (Å²) in [5.41, 5.74) is 1.11. The van der Waals surface area contributed by atoms with E-state index in [2.05, 4.69) is 15.1 Å². The van der Waals surface area contributed by atoms with Crippen molar-refractivity contribution in [2.24, 2.45) is 5.92 Å². The molecule has 1 aromatic carbocycles. The fraction of sp³-hybridized carbons (Fsp3) is 0.650. The van der Waals surface area contributed by atoms with Crippen LogP contribution in [0.15, 0.2) is 24.3 Å². The normalized spacial score (nSPS) is 19.9. The summed E-state index contributed by atoms with van der Waals surface area (Å²) in [7, 11) is 1.66. The van der Waals surface area contributed by atoms with E-state index in [1.54, 1.807) is 7.11 Å². The number of amides is 1. The highest BCUT2D eigenvalue weighted by Crippen LogP contribution is 2.18. The molecule has 5 nitrogen and oxygen atoms in total. The Hall–Kier alpha value is -1.59. The van der Waals surface area contributed by atoms with Crippen molar-refractivity contribution < 1.29 is 9.53 Å². The zero-order chi connectivity index (χ0) is 17.5. The Kier molecular flexibility index (Phi) is 6.70. The molecule has 0 aromatic heterocycles. The number of hydrogen-bond donors (Lipinski definition) is 1. The number of methoxy groups -OCH3 is 1. The van der Waals surface area contributed by atoms with E-state index in [0.717, 1.165) is 43.8 Å². The van der Waals surface area contributed by atoms with E-state index in [1.165, 1.54) is 32.5 Å². The number of carbonyl (C=O) groups is 1.